The second-order valence-electron chi connectivity index (χ2n) is 5.18. The molecule has 0 bridgehead atoms. The van der Waals surface area contributed by atoms with E-state index in [-0.39, 0.29) is 22.8 Å². The molecular formula is C22H36O4. The Morgan fingerprint density at radius 2 is 1.69 bits per heavy atom. The van der Waals surface area contributed by atoms with Gasteiger partial charge in [-0.3, -0.25) is 4.79 Å². The number of phenols is 2. The van der Waals surface area contributed by atoms with Crippen LogP contribution in [0.3, 0.4) is 0 Å². The van der Waals surface area contributed by atoms with Crippen molar-refractivity contribution in [3.8, 4) is 11.5 Å². The third-order valence-electron chi connectivity index (χ3n) is 2.52. The monoisotopic (exact) mass is 364 g/mol. The average Bonchev–Trinajstić information content (AvgIpc) is 2.60. The molecule has 0 amide bonds. The number of benzene rings is 1. The van der Waals surface area contributed by atoms with Crippen LogP contribution in [0.5, 0.6) is 11.5 Å². The van der Waals surface area contributed by atoms with Gasteiger partial charge in [-0.15, -0.1) is 0 Å². The fraction of sp³-hybridized carbons (Fsp3) is 0.409. The van der Waals surface area contributed by atoms with Crippen LogP contribution >= 0.6 is 0 Å². The van der Waals surface area contributed by atoms with Gasteiger partial charge in [0, 0.05) is 19.8 Å². The summed E-state index contributed by atoms with van der Waals surface area (Å²) in [7, 11) is 1.68. The number of methoxy groups -OCH3 is 1. The standard InChI is InChI=1S/C8H8O3.C8H12.C3H8O.C3H8/c1-5(9)7-3-2-6(10)4-8(7)11;1-4-6-7-8(3)5-2;1-3-4-2;1-3-2/h2-4,10-11H,1H3;4-7H,2H2,1,3H3;3H2,1-2H3;3H2,1-2H3/b;6-4-,8-7-;;. The van der Waals surface area contributed by atoms with Crippen molar-refractivity contribution in [2.75, 3.05) is 13.7 Å². The fourth-order valence-electron chi connectivity index (χ4n) is 1.13. The first-order valence-corrected chi connectivity index (χ1v) is 8.69. The van der Waals surface area contributed by atoms with Crippen molar-refractivity contribution in [2.24, 2.45) is 0 Å². The summed E-state index contributed by atoms with van der Waals surface area (Å²) in [6, 6.07) is 3.88. The van der Waals surface area contributed by atoms with Crippen LogP contribution in [-0.4, -0.2) is 29.7 Å². The summed E-state index contributed by atoms with van der Waals surface area (Å²) >= 11 is 0. The molecule has 26 heavy (non-hydrogen) atoms. The highest BCUT2D eigenvalue weighted by Gasteiger charge is 2.05. The van der Waals surface area contributed by atoms with E-state index in [9.17, 15) is 4.79 Å². The minimum Gasteiger partial charge on any atom is -0.508 e. The smallest absolute Gasteiger partial charge is 0.163 e. The molecule has 1 aromatic rings. The minimum atomic E-state index is -0.220. The summed E-state index contributed by atoms with van der Waals surface area (Å²) in [5, 5.41) is 17.9. The van der Waals surface area contributed by atoms with E-state index in [1.807, 2.05) is 45.1 Å². The van der Waals surface area contributed by atoms with Crippen LogP contribution in [0.1, 0.15) is 58.3 Å². The number of carbonyl (C=O) groups excluding carboxylic acids is 1. The maximum Gasteiger partial charge on any atom is 0.163 e. The van der Waals surface area contributed by atoms with E-state index in [0.29, 0.717) is 0 Å². The fourth-order valence-corrected chi connectivity index (χ4v) is 1.13. The minimum absolute atomic E-state index is 0.0486. The summed E-state index contributed by atoms with van der Waals surface area (Å²) in [5.41, 5.74) is 1.42. The highest BCUT2D eigenvalue weighted by Crippen LogP contribution is 2.22. The molecule has 1 rings (SSSR count). The highest BCUT2D eigenvalue weighted by atomic mass is 16.5. The number of ether oxygens (including phenoxy) is 1. The molecule has 0 spiro atoms. The summed E-state index contributed by atoms with van der Waals surface area (Å²) in [6.07, 6.45) is 9.09. The van der Waals surface area contributed by atoms with Gasteiger partial charge >= 0.3 is 0 Å². The molecule has 0 aromatic heterocycles. The van der Waals surface area contributed by atoms with E-state index >= 15 is 0 Å². The van der Waals surface area contributed by atoms with Crippen LogP contribution < -0.4 is 0 Å². The molecule has 1 aromatic carbocycles. The van der Waals surface area contributed by atoms with Crippen LogP contribution in [0, 0.1) is 0 Å². The van der Waals surface area contributed by atoms with Gasteiger partial charge in [0.1, 0.15) is 11.5 Å². The first-order chi connectivity index (χ1) is 12.2. The zero-order chi connectivity index (χ0) is 21.0. The molecule has 0 radical (unpaired) electrons. The molecule has 148 valence electrons. The van der Waals surface area contributed by atoms with Crippen molar-refractivity contribution in [3.05, 3.63) is 60.2 Å². The number of allylic oxidation sites excluding steroid dienone is 5. The van der Waals surface area contributed by atoms with Gasteiger partial charge in [-0.05, 0) is 39.8 Å². The molecule has 0 fully saturated rings. The number of ketones is 1. The third kappa shape index (κ3) is 19.7. The summed E-state index contributed by atoms with van der Waals surface area (Å²) in [6.45, 7) is 16.0. The lowest BCUT2D eigenvalue weighted by atomic mass is 10.1. The Labute approximate surface area is 159 Å². The van der Waals surface area contributed by atoms with Crippen LogP contribution in [0.4, 0.5) is 0 Å². The molecule has 4 nitrogen and oxygen atoms in total. The van der Waals surface area contributed by atoms with Crippen LogP contribution in [0.25, 0.3) is 0 Å². The summed E-state index contributed by atoms with van der Waals surface area (Å²) in [4.78, 5) is 10.7. The van der Waals surface area contributed by atoms with E-state index in [4.69, 9.17) is 10.2 Å². The molecule has 0 heterocycles. The van der Waals surface area contributed by atoms with E-state index in [1.54, 1.807) is 7.11 Å². The maximum absolute atomic E-state index is 10.7. The van der Waals surface area contributed by atoms with Crippen molar-refractivity contribution in [2.45, 2.75) is 48.0 Å². The molecule has 0 aliphatic rings. The summed E-state index contributed by atoms with van der Waals surface area (Å²) < 4.78 is 4.54. The van der Waals surface area contributed by atoms with Crippen LogP contribution in [0.15, 0.2) is 54.7 Å². The topological polar surface area (TPSA) is 66.8 Å². The van der Waals surface area contributed by atoms with Gasteiger partial charge in [-0.25, -0.2) is 0 Å². The molecule has 2 N–H and O–H groups in total. The SMILES string of the molecule is C=C/C(C)=C\C=C/C.CC(=O)c1ccc(O)cc1O.CCC.CCOC. The zero-order valence-electron chi connectivity index (χ0n) is 17.4. The van der Waals surface area contributed by atoms with Crippen LogP contribution in [-0.2, 0) is 4.74 Å². The quantitative estimate of drug-likeness (QED) is 0.503. The Morgan fingerprint density at radius 1 is 1.19 bits per heavy atom. The lowest BCUT2D eigenvalue weighted by Crippen LogP contribution is -1.91. The lowest BCUT2D eigenvalue weighted by molar-refractivity contribution is 0.101. The summed E-state index contributed by atoms with van der Waals surface area (Å²) in [5.74, 6) is -0.451. The average molecular weight is 365 g/mol. The number of carbonyl (C=O) groups is 1. The van der Waals surface area contributed by atoms with Crippen molar-refractivity contribution in [1.82, 2.24) is 0 Å². The Kier molecular flexibility index (Phi) is 22.7. The zero-order valence-corrected chi connectivity index (χ0v) is 17.4. The van der Waals surface area contributed by atoms with Crippen LogP contribution in [0.2, 0.25) is 0 Å². The maximum atomic E-state index is 10.7. The van der Waals surface area contributed by atoms with Crippen molar-refractivity contribution in [1.29, 1.82) is 0 Å². The molecule has 4 heteroatoms. The van der Waals surface area contributed by atoms with Gasteiger partial charge < -0.3 is 14.9 Å². The Bertz CT molecular complexity index is 541. The van der Waals surface area contributed by atoms with Gasteiger partial charge in [-0.2, -0.15) is 0 Å². The number of rotatable bonds is 4. The van der Waals surface area contributed by atoms with E-state index in [1.165, 1.54) is 31.1 Å². The number of hydrogen-bond donors (Lipinski definition) is 2. The molecule has 0 saturated heterocycles. The van der Waals surface area contributed by atoms with E-state index in [2.05, 4.69) is 25.2 Å². The van der Waals surface area contributed by atoms with Crippen molar-refractivity contribution >= 4 is 5.78 Å². The number of phenolic OH excluding ortho intramolecular Hbond substituents is 2. The predicted molar refractivity (Wildman–Crippen MR) is 112 cm³/mol. The highest BCUT2D eigenvalue weighted by molar-refractivity contribution is 5.96. The second kappa shape index (κ2) is 20.7. The third-order valence-corrected chi connectivity index (χ3v) is 2.52. The molecule has 0 saturated carbocycles. The molecular weight excluding hydrogens is 328 g/mol. The van der Waals surface area contributed by atoms with Crippen molar-refractivity contribution in [3.63, 3.8) is 0 Å². The molecule has 0 aliphatic heterocycles. The second-order valence-corrected chi connectivity index (χ2v) is 5.18. The molecule has 0 unspecified atom stereocenters. The first kappa shape index (κ1) is 28.5. The van der Waals surface area contributed by atoms with Crippen molar-refractivity contribution < 1.29 is 19.7 Å². The first-order valence-electron chi connectivity index (χ1n) is 8.69. The van der Waals surface area contributed by atoms with Gasteiger partial charge in [0.25, 0.3) is 0 Å². The Hall–Kier alpha value is -2.33. The van der Waals surface area contributed by atoms with Gasteiger partial charge in [0.05, 0.1) is 5.56 Å². The Morgan fingerprint density at radius 3 is 2.00 bits per heavy atom. The lowest BCUT2D eigenvalue weighted by Gasteiger charge is -1.99. The van der Waals surface area contributed by atoms with Gasteiger partial charge in [-0.1, -0.05) is 56.7 Å². The molecule has 0 atom stereocenters. The predicted octanol–water partition coefficient (Wildman–Crippen LogP) is 6.06. The van der Waals surface area contributed by atoms with E-state index < -0.39 is 0 Å². The normalized spacial score (nSPS) is 9.73. The number of aromatic hydroxyl groups is 2. The number of Topliss-reactive ketones (excluding diaryl/α,β-unsaturated/α-hetero) is 1. The molecule has 0 aliphatic carbocycles. The van der Waals surface area contributed by atoms with Gasteiger partial charge in [0.2, 0.25) is 0 Å². The van der Waals surface area contributed by atoms with E-state index in [0.717, 1.165) is 12.7 Å². The largest absolute Gasteiger partial charge is 0.508 e. The van der Waals surface area contributed by atoms with Gasteiger partial charge in [0.15, 0.2) is 5.78 Å². The Balaban J connectivity index is -0.000000309. The number of hydrogen-bond acceptors (Lipinski definition) is 4.